The minimum Gasteiger partial charge on any atom is -0.368 e. The fourth-order valence-corrected chi connectivity index (χ4v) is 4.89. The standard InChI is InChI=1S/C30H33N5O2/c1-19(2)33-27-13-12-25(29(32)36)28(34-27)26-17-24(9-6-20(26)3)30(37)35-15-4-5-22(14-16-35)23-10-7-21(18-31)8-11-23/h6-13,17,19,22H,4-5,14-16H2,1-3H3,(H2,32,36)(H,33,34). The van der Waals surface area contributed by atoms with Gasteiger partial charge in [0.05, 0.1) is 22.9 Å². The number of aromatic nitrogens is 1. The molecule has 1 aromatic heterocycles. The van der Waals surface area contributed by atoms with Crippen molar-refractivity contribution in [3.05, 3.63) is 82.4 Å². The van der Waals surface area contributed by atoms with E-state index in [2.05, 4.69) is 11.4 Å². The number of amides is 2. The fraction of sp³-hybridized carbons (Fsp3) is 0.333. The third-order valence-corrected chi connectivity index (χ3v) is 6.86. The van der Waals surface area contributed by atoms with Crippen LogP contribution in [0.25, 0.3) is 11.3 Å². The van der Waals surface area contributed by atoms with E-state index in [-0.39, 0.29) is 11.9 Å². The summed E-state index contributed by atoms with van der Waals surface area (Å²) in [6.07, 6.45) is 2.77. The Morgan fingerprint density at radius 1 is 1.08 bits per heavy atom. The molecule has 0 aliphatic carbocycles. The molecular formula is C30H33N5O2. The zero-order valence-electron chi connectivity index (χ0n) is 21.6. The van der Waals surface area contributed by atoms with E-state index in [4.69, 9.17) is 16.0 Å². The molecule has 0 saturated carbocycles. The summed E-state index contributed by atoms with van der Waals surface area (Å²) in [5, 5.41) is 12.3. The van der Waals surface area contributed by atoms with Gasteiger partial charge in [-0.05, 0) is 93.5 Å². The van der Waals surface area contributed by atoms with Crippen molar-refractivity contribution >= 4 is 17.6 Å². The smallest absolute Gasteiger partial charge is 0.253 e. The molecule has 2 aromatic carbocycles. The van der Waals surface area contributed by atoms with Crippen LogP contribution in [0.2, 0.25) is 0 Å². The quantitative estimate of drug-likeness (QED) is 0.485. The number of likely N-dealkylation sites (tertiary alicyclic amines) is 1. The van der Waals surface area contributed by atoms with Gasteiger partial charge < -0.3 is 16.0 Å². The molecule has 1 unspecified atom stereocenters. The van der Waals surface area contributed by atoms with E-state index < -0.39 is 5.91 Å². The Hall–Kier alpha value is -4.18. The number of hydrogen-bond acceptors (Lipinski definition) is 5. The van der Waals surface area contributed by atoms with Crippen molar-refractivity contribution < 1.29 is 9.59 Å². The van der Waals surface area contributed by atoms with Gasteiger partial charge in [-0.3, -0.25) is 9.59 Å². The van der Waals surface area contributed by atoms with Crippen molar-refractivity contribution in [3.63, 3.8) is 0 Å². The highest BCUT2D eigenvalue weighted by Gasteiger charge is 2.24. The summed E-state index contributed by atoms with van der Waals surface area (Å²) in [6.45, 7) is 7.31. The van der Waals surface area contributed by atoms with Gasteiger partial charge in [-0.15, -0.1) is 0 Å². The molecule has 7 nitrogen and oxygen atoms in total. The number of aryl methyl sites for hydroxylation is 1. The number of hydrogen-bond donors (Lipinski definition) is 2. The maximum Gasteiger partial charge on any atom is 0.253 e. The molecule has 0 spiro atoms. The van der Waals surface area contributed by atoms with Crippen LogP contribution >= 0.6 is 0 Å². The number of anilines is 1. The fourth-order valence-electron chi connectivity index (χ4n) is 4.89. The number of benzene rings is 2. The summed E-state index contributed by atoms with van der Waals surface area (Å²) < 4.78 is 0. The van der Waals surface area contributed by atoms with Gasteiger partial charge >= 0.3 is 0 Å². The first-order valence-electron chi connectivity index (χ1n) is 12.7. The molecule has 0 bridgehead atoms. The van der Waals surface area contributed by atoms with E-state index in [1.165, 1.54) is 5.56 Å². The normalized spacial score (nSPS) is 15.6. The molecule has 1 atom stereocenters. The summed E-state index contributed by atoms with van der Waals surface area (Å²) >= 11 is 0. The first-order chi connectivity index (χ1) is 17.8. The predicted octanol–water partition coefficient (Wildman–Crippen LogP) is 5.26. The van der Waals surface area contributed by atoms with E-state index in [0.29, 0.717) is 47.2 Å². The van der Waals surface area contributed by atoms with Crippen LogP contribution in [0.5, 0.6) is 0 Å². The molecular weight excluding hydrogens is 462 g/mol. The number of carbonyl (C=O) groups is 2. The van der Waals surface area contributed by atoms with Crippen LogP contribution in [0, 0.1) is 18.3 Å². The molecule has 4 rings (SSSR count). The third-order valence-electron chi connectivity index (χ3n) is 6.86. The molecule has 1 aliphatic heterocycles. The van der Waals surface area contributed by atoms with E-state index >= 15 is 0 Å². The molecule has 1 fully saturated rings. The maximum absolute atomic E-state index is 13.6. The van der Waals surface area contributed by atoms with Gasteiger partial charge in [-0.2, -0.15) is 5.26 Å². The van der Waals surface area contributed by atoms with Crippen molar-refractivity contribution in [2.45, 2.75) is 52.0 Å². The number of nitrogens with zero attached hydrogens (tertiary/aromatic N) is 3. The van der Waals surface area contributed by atoms with Gasteiger partial charge in [0.1, 0.15) is 5.82 Å². The Bertz CT molecular complexity index is 1340. The van der Waals surface area contributed by atoms with Crippen LogP contribution < -0.4 is 11.1 Å². The Labute approximate surface area is 218 Å². The lowest BCUT2D eigenvalue weighted by Crippen LogP contribution is -2.32. The van der Waals surface area contributed by atoms with Crippen LogP contribution in [-0.2, 0) is 0 Å². The van der Waals surface area contributed by atoms with Crippen molar-refractivity contribution in [3.8, 4) is 17.3 Å². The van der Waals surface area contributed by atoms with Crippen LogP contribution in [0.15, 0.2) is 54.6 Å². The average molecular weight is 496 g/mol. The number of nitrogens with two attached hydrogens (primary N) is 1. The zero-order chi connectivity index (χ0) is 26.5. The molecule has 190 valence electrons. The molecule has 0 radical (unpaired) electrons. The van der Waals surface area contributed by atoms with Crippen LogP contribution in [0.4, 0.5) is 5.82 Å². The second-order valence-corrected chi connectivity index (χ2v) is 9.94. The number of rotatable bonds is 6. The minimum atomic E-state index is -0.559. The Balaban J connectivity index is 1.58. The number of pyridine rings is 1. The molecule has 2 heterocycles. The largest absolute Gasteiger partial charge is 0.368 e. The van der Waals surface area contributed by atoms with Crippen LogP contribution in [-0.4, -0.2) is 40.8 Å². The molecule has 1 saturated heterocycles. The summed E-state index contributed by atoms with van der Waals surface area (Å²) in [4.78, 5) is 32.4. The average Bonchev–Trinajstić information content (AvgIpc) is 3.14. The number of nitriles is 1. The van der Waals surface area contributed by atoms with Gasteiger partial charge in [0.2, 0.25) is 0 Å². The molecule has 3 aromatic rings. The van der Waals surface area contributed by atoms with E-state index in [1.54, 1.807) is 12.1 Å². The van der Waals surface area contributed by atoms with E-state index in [1.807, 2.05) is 68.1 Å². The lowest BCUT2D eigenvalue weighted by atomic mass is 9.91. The Morgan fingerprint density at radius 2 is 1.84 bits per heavy atom. The number of nitrogens with one attached hydrogen (secondary N) is 1. The van der Waals surface area contributed by atoms with Crippen LogP contribution in [0.1, 0.15) is 76.4 Å². The SMILES string of the molecule is Cc1ccc(C(=O)N2CCCC(c3ccc(C#N)cc3)CC2)cc1-c1nc(NC(C)C)ccc1C(N)=O. The summed E-state index contributed by atoms with van der Waals surface area (Å²) in [6, 6.07) is 19.1. The van der Waals surface area contributed by atoms with Crippen molar-refractivity contribution in [1.29, 1.82) is 5.26 Å². The molecule has 1 aliphatic rings. The van der Waals surface area contributed by atoms with Crippen LogP contribution in [0.3, 0.4) is 0 Å². The summed E-state index contributed by atoms with van der Waals surface area (Å²) in [7, 11) is 0. The molecule has 3 N–H and O–H groups in total. The first kappa shape index (κ1) is 25.9. The highest BCUT2D eigenvalue weighted by Crippen LogP contribution is 2.31. The van der Waals surface area contributed by atoms with Gasteiger partial charge in [-0.1, -0.05) is 18.2 Å². The maximum atomic E-state index is 13.6. The Kier molecular flexibility index (Phi) is 7.88. The highest BCUT2D eigenvalue weighted by molar-refractivity contribution is 6.01. The molecule has 2 amide bonds. The lowest BCUT2D eigenvalue weighted by molar-refractivity contribution is 0.0761. The predicted molar refractivity (Wildman–Crippen MR) is 145 cm³/mol. The highest BCUT2D eigenvalue weighted by atomic mass is 16.2. The minimum absolute atomic E-state index is 0.0289. The molecule has 7 heteroatoms. The van der Waals surface area contributed by atoms with Gasteiger partial charge in [0.25, 0.3) is 11.8 Å². The van der Waals surface area contributed by atoms with Crippen molar-refractivity contribution in [2.75, 3.05) is 18.4 Å². The van der Waals surface area contributed by atoms with Gasteiger partial charge in [-0.25, -0.2) is 4.98 Å². The van der Waals surface area contributed by atoms with Gasteiger partial charge in [0, 0.05) is 30.3 Å². The molecule has 37 heavy (non-hydrogen) atoms. The monoisotopic (exact) mass is 495 g/mol. The van der Waals surface area contributed by atoms with Crippen molar-refractivity contribution in [2.24, 2.45) is 5.73 Å². The Morgan fingerprint density at radius 3 is 2.51 bits per heavy atom. The number of primary amides is 1. The third kappa shape index (κ3) is 5.97. The second kappa shape index (κ2) is 11.3. The lowest BCUT2D eigenvalue weighted by Gasteiger charge is -2.22. The number of carbonyl (C=O) groups excluding carboxylic acids is 2. The van der Waals surface area contributed by atoms with Gasteiger partial charge in [0.15, 0.2) is 0 Å². The topological polar surface area (TPSA) is 112 Å². The summed E-state index contributed by atoms with van der Waals surface area (Å²) in [5.74, 6) is 0.417. The first-order valence-corrected chi connectivity index (χ1v) is 12.7. The zero-order valence-corrected chi connectivity index (χ0v) is 21.6. The van der Waals surface area contributed by atoms with E-state index in [0.717, 1.165) is 30.4 Å². The summed E-state index contributed by atoms with van der Waals surface area (Å²) in [5.41, 5.74) is 10.5. The van der Waals surface area contributed by atoms with E-state index in [9.17, 15) is 9.59 Å². The second-order valence-electron chi connectivity index (χ2n) is 9.94. The van der Waals surface area contributed by atoms with Crippen molar-refractivity contribution in [1.82, 2.24) is 9.88 Å².